The molecule has 2 nitrogen and oxygen atoms in total. The van der Waals surface area contributed by atoms with E-state index in [9.17, 15) is 0 Å². The van der Waals surface area contributed by atoms with E-state index in [4.69, 9.17) is 5.73 Å². The Hall–Kier alpha value is -0.0800. The van der Waals surface area contributed by atoms with Gasteiger partial charge in [-0.2, -0.15) is 0 Å². The lowest BCUT2D eigenvalue weighted by atomic mass is 9.73. The Labute approximate surface area is 102 Å². The summed E-state index contributed by atoms with van der Waals surface area (Å²) in [5.41, 5.74) is 6.76. The van der Waals surface area contributed by atoms with Crippen LogP contribution in [0.2, 0.25) is 0 Å². The largest absolute Gasteiger partial charge is 0.329 e. The maximum Gasteiger partial charge on any atom is 0.0382 e. The number of nitrogens with two attached hydrogens (primary N) is 1. The van der Waals surface area contributed by atoms with Crippen molar-refractivity contribution in [3.8, 4) is 0 Å². The van der Waals surface area contributed by atoms with Crippen LogP contribution in [0.3, 0.4) is 0 Å². The molecule has 2 heteroatoms. The van der Waals surface area contributed by atoms with Gasteiger partial charge in [0.2, 0.25) is 0 Å². The van der Waals surface area contributed by atoms with Gasteiger partial charge in [-0.05, 0) is 30.7 Å². The normalized spacial score (nSPS) is 29.2. The smallest absolute Gasteiger partial charge is 0.0382 e. The van der Waals surface area contributed by atoms with Gasteiger partial charge in [0.05, 0.1) is 0 Å². The number of likely N-dealkylation sites (N-methyl/N-ethyl adjacent to an activating group) is 1. The summed E-state index contributed by atoms with van der Waals surface area (Å²) in [6, 6.07) is 0. The van der Waals surface area contributed by atoms with E-state index >= 15 is 0 Å². The van der Waals surface area contributed by atoms with Crippen LogP contribution in [-0.2, 0) is 0 Å². The third kappa shape index (κ3) is 2.28. The molecule has 1 unspecified atom stereocenters. The zero-order valence-electron chi connectivity index (χ0n) is 11.8. The fourth-order valence-corrected chi connectivity index (χ4v) is 3.53. The summed E-state index contributed by atoms with van der Waals surface area (Å²) in [4.78, 5) is 2.64. The molecule has 1 atom stereocenters. The van der Waals surface area contributed by atoms with Gasteiger partial charge in [0, 0.05) is 18.6 Å². The van der Waals surface area contributed by atoms with Crippen molar-refractivity contribution in [1.29, 1.82) is 0 Å². The van der Waals surface area contributed by atoms with Gasteiger partial charge in [0.25, 0.3) is 0 Å². The Bertz CT molecular complexity index is 223. The fourth-order valence-electron chi connectivity index (χ4n) is 3.53. The van der Waals surface area contributed by atoms with Gasteiger partial charge in [-0.15, -0.1) is 0 Å². The first-order valence-corrected chi connectivity index (χ1v) is 6.85. The molecule has 1 fully saturated rings. The number of rotatable bonds is 5. The second-order valence-electron chi connectivity index (χ2n) is 6.41. The van der Waals surface area contributed by atoms with E-state index in [1.165, 1.54) is 25.8 Å². The molecule has 1 aliphatic rings. The van der Waals surface area contributed by atoms with Crippen LogP contribution in [-0.4, -0.2) is 30.1 Å². The van der Waals surface area contributed by atoms with E-state index < -0.39 is 0 Å². The number of hydrogen-bond acceptors (Lipinski definition) is 2. The molecule has 0 aromatic heterocycles. The van der Waals surface area contributed by atoms with Crippen molar-refractivity contribution in [2.75, 3.05) is 19.6 Å². The topological polar surface area (TPSA) is 29.3 Å². The first kappa shape index (κ1) is 14.0. The third-order valence-corrected chi connectivity index (χ3v) is 4.56. The van der Waals surface area contributed by atoms with Gasteiger partial charge in [-0.1, -0.05) is 41.0 Å². The minimum absolute atomic E-state index is 0.242. The third-order valence-electron chi connectivity index (χ3n) is 4.56. The Morgan fingerprint density at radius 3 is 2.19 bits per heavy atom. The van der Waals surface area contributed by atoms with Crippen LogP contribution in [0.1, 0.15) is 53.9 Å². The minimum Gasteiger partial charge on any atom is -0.329 e. The van der Waals surface area contributed by atoms with E-state index in [0.29, 0.717) is 5.41 Å². The summed E-state index contributed by atoms with van der Waals surface area (Å²) < 4.78 is 0. The molecule has 0 spiro atoms. The molecule has 0 aromatic rings. The highest BCUT2D eigenvalue weighted by Crippen LogP contribution is 2.49. The molecule has 0 amide bonds. The SMILES string of the molecule is CCN(CC(C)C)C1(CN)CCCC1(C)C. The quantitative estimate of drug-likeness (QED) is 0.781. The van der Waals surface area contributed by atoms with E-state index in [1.807, 2.05) is 0 Å². The second-order valence-corrected chi connectivity index (χ2v) is 6.41. The first-order chi connectivity index (χ1) is 7.39. The van der Waals surface area contributed by atoms with E-state index in [-0.39, 0.29) is 5.54 Å². The molecule has 96 valence electrons. The van der Waals surface area contributed by atoms with Gasteiger partial charge in [-0.3, -0.25) is 4.90 Å². The van der Waals surface area contributed by atoms with Crippen LogP contribution in [0.4, 0.5) is 0 Å². The zero-order chi connectivity index (χ0) is 12.4. The van der Waals surface area contributed by atoms with Crippen molar-refractivity contribution in [3.63, 3.8) is 0 Å². The van der Waals surface area contributed by atoms with Crippen LogP contribution in [0.15, 0.2) is 0 Å². The maximum absolute atomic E-state index is 6.15. The lowest BCUT2D eigenvalue weighted by Crippen LogP contribution is -2.60. The van der Waals surface area contributed by atoms with E-state index in [0.717, 1.165) is 19.0 Å². The molecule has 0 heterocycles. The standard InChI is InChI=1S/C14H30N2/c1-6-16(10-12(2)3)14(11-15)9-7-8-13(14,4)5/h12H,6-11,15H2,1-5H3. The molecule has 0 bridgehead atoms. The van der Waals surface area contributed by atoms with Crippen LogP contribution in [0, 0.1) is 11.3 Å². The number of hydrogen-bond donors (Lipinski definition) is 1. The van der Waals surface area contributed by atoms with Crippen LogP contribution in [0.25, 0.3) is 0 Å². The predicted octanol–water partition coefficient (Wildman–Crippen LogP) is 2.87. The van der Waals surface area contributed by atoms with Crippen molar-refractivity contribution in [1.82, 2.24) is 4.90 Å². The molecular formula is C14H30N2. The number of nitrogens with zero attached hydrogens (tertiary/aromatic N) is 1. The highest BCUT2D eigenvalue weighted by Gasteiger charge is 2.50. The Morgan fingerprint density at radius 1 is 1.25 bits per heavy atom. The summed E-state index contributed by atoms with van der Waals surface area (Å²) >= 11 is 0. The lowest BCUT2D eigenvalue weighted by molar-refractivity contribution is 0.00854. The average Bonchev–Trinajstić information content (AvgIpc) is 2.50. The molecule has 0 aromatic carbocycles. The summed E-state index contributed by atoms with van der Waals surface area (Å²) in [6.07, 6.45) is 3.93. The lowest BCUT2D eigenvalue weighted by Gasteiger charge is -2.50. The van der Waals surface area contributed by atoms with Crippen LogP contribution >= 0.6 is 0 Å². The molecule has 16 heavy (non-hydrogen) atoms. The van der Waals surface area contributed by atoms with Crippen molar-refractivity contribution < 1.29 is 0 Å². The second kappa shape index (κ2) is 5.05. The van der Waals surface area contributed by atoms with Gasteiger partial charge in [0.1, 0.15) is 0 Å². The molecule has 1 rings (SSSR count). The van der Waals surface area contributed by atoms with Gasteiger partial charge in [-0.25, -0.2) is 0 Å². The van der Waals surface area contributed by atoms with Crippen molar-refractivity contribution >= 4 is 0 Å². The Kier molecular flexibility index (Phi) is 4.42. The first-order valence-electron chi connectivity index (χ1n) is 6.85. The van der Waals surface area contributed by atoms with Gasteiger partial charge in [0.15, 0.2) is 0 Å². The predicted molar refractivity (Wildman–Crippen MR) is 71.5 cm³/mol. The highest BCUT2D eigenvalue weighted by molar-refractivity contribution is 5.07. The molecule has 0 saturated heterocycles. The summed E-state index contributed by atoms with van der Waals surface area (Å²) in [5.74, 6) is 0.722. The van der Waals surface area contributed by atoms with Crippen molar-refractivity contribution in [3.05, 3.63) is 0 Å². The van der Waals surface area contributed by atoms with Crippen molar-refractivity contribution in [2.45, 2.75) is 59.4 Å². The maximum atomic E-state index is 6.15. The van der Waals surface area contributed by atoms with Gasteiger partial charge < -0.3 is 5.73 Å². The fraction of sp³-hybridized carbons (Fsp3) is 1.00. The van der Waals surface area contributed by atoms with Crippen molar-refractivity contribution in [2.24, 2.45) is 17.1 Å². The monoisotopic (exact) mass is 226 g/mol. The van der Waals surface area contributed by atoms with Gasteiger partial charge >= 0.3 is 0 Å². The highest BCUT2D eigenvalue weighted by atomic mass is 15.2. The van der Waals surface area contributed by atoms with Crippen LogP contribution < -0.4 is 5.73 Å². The molecule has 0 radical (unpaired) electrons. The van der Waals surface area contributed by atoms with E-state index in [2.05, 4.69) is 39.5 Å². The molecular weight excluding hydrogens is 196 g/mol. The summed E-state index contributed by atoms with van der Waals surface area (Å²) in [5, 5.41) is 0. The molecule has 2 N–H and O–H groups in total. The molecule has 1 saturated carbocycles. The summed E-state index contributed by atoms with van der Waals surface area (Å²) in [7, 11) is 0. The molecule has 1 aliphatic carbocycles. The van der Waals surface area contributed by atoms with E-state index in [1.54, 1.807) is 0 Å². The Balaban J connectivity index is 2.93. The zero-order valence-corrected chi connectivity index (χ0v) is 11.8. The summed E-state index contributed by atoms with van der Waals surface area (Å²) in [6.45, 7) is 14.8. The Morgan fingerprint density at radius 2 is 1.88 bits per heavy atom. The van der Waals surface area contributed by atoms with Crippen LogP contribution in [0.5, 0.6) is 0 Å². The molecule has 0 aliphatic heterocycles. The minimum atomic E-state index is 0.242. The average molecular weight is 226 g/mol.